The van der Waals surface area contributed by atoms with E-state index >= 15 is 0 Å². The molecule has 0 saturated carbocycles. The Kier molecular flexibility index (Phi) is 6.63. The highest BCUT2D eigenvalue weighted by molar-refractivity contribution is 5.70. The number of hydrogen-bond acceptors (Lipinski definition) is 8. The first-order chi connectivity index (χ1) is 14.8. The summed E-state index contributed by atoms with van der Waals surface area (Å²) in [4.78, 5) is 26.5. The van der Waals surface area contributed by atoms with Crippen LogP contribution in [0.4, 0.5) is 15.9 Å². The molecule has 2 heterocycles. The van der Waals surface area contributed by atoms with Crippen molar-refractivity contribution in [1.29, 1.82) is 0 Å². The fourth-order valence-corrected chi connectivity index (χ4v) is 3.04. The number of fused-ring (bicyclic) bond motifs is 1. The van der Waals surface area contributed by atoms with E-state index in [9.17, 15) is 19.3 Å². The van der Waals surface area contributed by atoms with Gasteiger partial charge in [-0.2, -0.15) is 5.10 Å². The summed E-state index contributed by atoms with van der Waals surface area (Å²) in [6, 6.07) is 5.22. The maximum absolute atomic E-state index is 13.9. The molecule has 31 heavy (non-hydrogen) atoms. The number of nitrogens with one attached hydrogen (secondary N) is 1. The lowest BCUT2D eigenvalue weighted by Crippen LogP contribution is -2.20. The first-order valence-corrected chi connectivity index (χ1v) is 9.65. The van der Waals surface area contributed by atoms with Crippen LogP contribution in [0.5, 0.6) is 5.75 Å². The zero-order chi connectivity index (χ0) is 22.5. The number of carbonyl (C=O) groups is 1. The van der Waals surface area contributed by atoms with Crippen LogP contribution in [0.2, 0.25) is 0 Å². The van der Waals surface area contributed by atoms with E-state index in [0.717, 1.165) is 6.20 Å². The molecule has 10 nitrogen and oxygen atoms in total. The number of aromatic nitrogens is 3. The van der Waals surface area contributed by atoms with Crippen molar-refractivity contribution in [3.8, 4) is 5.75 Å². The molecule has 11 heteroatoms. The van der Waals surface area contributed by atoms with Crippen LogP contribution >= 0.6 is 0 Å². The third kappa shape index (κ3) is 5.24. The van der Waals surface area contributed by atoms with E-state index in [0.29, 0.717) is 17.1 Å². The van der Waals surface area contributed by atoms with Gasteiger partial charge in [0.15, 0.2) is 0 Å². The Morgan fingerprint density at radius 2 is 2.13 bits per heavy atom. The van der Waals surface area contributed by atoms with Crippen molar-refractivity contribution in [2.45, 2.75) is 39.3 Å². The molecule has 164 valence electrons. The van der Waals surface area contributed by atoms with Crippen LogP contribution < -0.4 is 10.1 Å². The average Bonchev–Trinajstić information content (AvgIpc) is 3.13. The molecule has 0 aliphatic rings. The van der Waals surface area contributed by atoms with Gasteiger partial charge in [-0.1, -0.05) is 0 Å². The number of hydrogen-bond donors (Lipinski definition) is 1. The van der Waals surface area contributed by atoms with Gasteiger partial charge in [0, 0.05) is 11.8 Å². The van der Waals surface area contributed by atoms with Crippen molar-refractivity contribution in [3.63, 3.8) is 0 Å². The maximum Gasteiger partial charge on any atom is 0.333 e. The van der Waals surface area contributed by atoms with Crippen LogP contribution in [0.15, 0.2) is 36.7 Å². The highest BCUT2D eigenvalue weighted by atomic mass is 19.1. The number of benzene rings is 1. The smallest absolute Gasteiger partial charge is 0.333 e. The molecule has 0 aliphatic carbocycles. The third-order valence-electron chi connectivity index (χ3n) is 4.44. The molecule has 0 amide bonds. The minimum atomic E-state index is -0.563. The average molecular weight is 431 g/mol. The molecular weight excluding hydrogens is 409 g/mol. The number of anilines is 1. The standard InChI is InChI=1S/C20H22FN5O5/c1-4-30-19(27)9-12(2)31-17-6-5-14(21)10-15(17)13(3)23-18-7-8-25-20(24-18)16(11-22-25)26(28)29/h5-8,10-13H,4,9H2,1-3H3,(H,23,24)/t12-,13+/m0/s1. The minimum absolute atomic E-state index is 0.0512. The maximum atomic E-state index is 13.9. The van der Waals surface area contributed by atoms with E-state index in [4.69, 9.17) is 9.47 Å². The summed E-state index contributed by atoms with van der Waals surface area (Å²) in [5, 5.41) is 18.1. The first-order valence-electron chi connectivity index (χ1n) is 9.65. The number of carbonyl (C=O) groups excluding carboxylic acids is 1. The lowest BCUT2D eigenvalue weighted by molar-refractivity contribution is -0.383. The fraction of sp³-hybridized carbons (Fsp3) is 0.350. The van der Waals surface area contributed by atoms with Gasteiger partial charge < -0.3 is 14.8 Å². The zero-order valence-corrected chi connectivity index (χ0v) is 17.2. The molecule has 1 aromatic carbocycles. The summed E-state index contributed by atoms with van der Waals surface area (Å²) in [6.45, 7) is 5.49. The van der Waals surface area contributed by atoms with E-state index in [1.807, 2.05) is 0 Å². The SMILES string of the molecule is CCOC(=O)C[C@H](C)Oc1ccc(F)cc1[C@@H](C)Nc1ccn2ncc([N+](=O)[O-])c2n1. The quantitative estimate of drug-likeness (QED) is 0.309. The van der Waals surface area contributed by atoms with Gasteiger partial charge in [-0.15, -0.1) is 0 Å². The summed E-state index contributed by atoms with van der Waals surface area (Å²) in [6.07, 6.45) is 2.22. The largest absolute Gasteiger partial charge is 0.490 e. The summed E-state index contributed by atoms with van der Waals surface area (Å²) >= 11 is 0. The molecule has 2 atom stereocenters. The first kappa shape index (κ1) is 21.9. The lowest BCUT2D eigenvalue weighted by atomic mass is 10.1. The second-order valence-electron chi connectivity index (χ2n) is 6.85. The molecule has 3 aromatic rings. The number of halogens is 1. The van der Waals surface area contributed by atoms with Gasteiger partial charge in [-0.3, -0.25) is 14.9 Å². The number of nitrogens with zero attached hydrogens (tertiary/aromatic N) is 4. The Hall–Kier alpha value is -3.76. The van der Waals surface area contributed by atoms with Gasteiger partial charge in [0.2, 0.25) is 5.65 Å². The molecule has 2 aromatic heterocycles. The van der Waals surface area contributed by atoms with Crippen molar-refractivity contribution in [1.82, 2.24) is 14.6 Å². The second-order valence-corrected chi connectivity index (χ2v) is 6.85. The van der Waals surface area contributed by atoms with Crippen LogP contribution in [-0.4, -0.2) is 38.2 Å². The van der Waals surface area contributed by atoms with E-state index in [2.05, 4.69) is 15.4 Å². The molecule has 0 bridgehead atoms. The van der Waals surface area contributed by atoms with Crippen molar-refractivity contribution in [2.75, 3.05) is 11.9 Å². The third-order valence-corrected chi connectivity index (χ3v) is 4.44. The van der Waals surface area contributed by atoms with Gasteiger partial charge >= 0.3 is 11.7 Å². The summed E-state index contributed by atoms with van der Waals surface area (Å²) < 4.78 is 26.0. The predicted octanol–water partition coefficient (Wildman–Crippen LogP) is 3.67. The number of ether oxygens (including phenoxy) is 2. The van der Waals surface area contributed by atoms with Crippen LogP contribution in [0.3, 0.4) is 0 Å². The highest BCUT2D eigenvalue weighted by Gasteiger charge is 2.20. The van der Waals surface area contributed by atoms with E-state index < -0.39 is 22.9 Å². The Balaban J connectivity index is 1.81. The number of rotatable bonds is 9. The predicted molar refractivity (Wildman–Crippen MR) is 109 cm³/mol. The van der Waals surface area contributed by atoms with Gasteiger partial charge in [-0.05, 0) is 45.0 Å². The molecule has 0 aliphatic heterocycles. The Labute approximate surface area is 177 Å². The van der Waals surface area contributed by atoms with Crippen LogP contribution in [0.1, 0.15) is 38.8 Å². The summed E-state index contributed by atoms with van der Waals surface area (Å²) in [5.41, 5.74) is 0.361. The number of esters is 1. The molecular formula is C20H22FN5O5. The fourth-order valence-electron chi connectivity index (χ4n) is 3.04. The highest BCUT2D eigenvalue weighted by Crippen LogP contribution is 2.30. The molecule has 0 saturated heterocycles. The van der Waals surface area contributed by atoms with Crippen molar-refractivity contribution < 1.29 is 23.6 Å². The molecule has 1 N–H and O–H groups in total. The molecule has 0 radical (unpaired) electrons. The minimum Gasteiger partial charge on any atom is -0.490 e. The van der Waals surface area contributed by atoms with E-state index in [1.165, 1.54) is 28.9 Å². The van der Waals surface area contributed by atoms with Crippen LogP contribution in [0.25, 0.3) is 5.65 Å². The Morgan fingerprint density at radius 1 is 1.35 bits per heavy atom. The molecule has 0 spiro atoms. The topological polar surface area (TPSA) is 121 Å². The lowest BCUT2D eigenvalue weighted by Gasteiger charge is -2.21. The second kappa shape index (κ2) is 9.37. The summed E-state index contributed by atoms with van der Waals surface area (Å²) in [7, 11) is 0. The monoisotopic (exact) mass is 431 g/mol. The van der Waals surface area contributed by atoms with Gasteiger partial charge in [0.25, 0.3) is 0 Å². The van der Waals surface area contributed by atoms with E-state index in [1.54, 1.807) is 26.8 Å². The van der Waals surface area contributed by atoms with E-state index in [-0.39, 0.29) is 30.3 Å². The van der Waals surface area contributed by atoms with Crippen LogP contribution in [-0.2, 0) is 9.53 Å². The Morgan fingerprint density at radius 3 is 2.84 bits per heavy atom. The number of nitro groups is 1. The van der Waals surface area contributed by atoms with Crippen molar-refractivity contribution >= 4 is 23.1 Å². The van der Waals surface area contributed by atoms with Crippen molar-refractivity contribution in [3.05, 3.63) is 58.2 Å². The van der Waals surface area contributed by atoms with Crippen LogP contribution in [0, 0.1) is 15.9 Å². The van der Waals surface area contributed by atoms with Crippen molar-refractivity contribution in [2.24, 2.45) is 0 Å². The molecule has 0 unspecified atom stereocenters. The zero-order valence-electron chi connectivity index (χ0n) is 17.2. The molecule has 3 rings (SSSR count). The van der Waals surface area contributed by atoms with Gasteiger partial charge in [0.05, 0.1) is 24.0 Å². The molecule has 0 fully saturated rings. The van der Waals surface area contributed by atoms with Gasteiger partial charge in [0.1, 0.15) is 29.7 Å². The Bertz CT molecular complexity index is 1100. The summed E-state index contributed by atoms with van der Waals surface area (Å²) in [5.74, 6) is -0.0957. The normalized spacial score (nSPS) is 12.9. The van der Waals surface area contributed by atoms with Gasteiger partial charge in [-0.25, -0.2) is 13.9 Å².